The molecule has 0 spiro atoms. The maximum Gasteiger partial charge on any atom is 0.0584 e. The van der Waals surface area contributed by atoms with E-state index >= 15 is 0 Å². The average molecular weight is 217 g/mol. The molecule has 0 aromatic heterocycles. The second-order valence-corrected chi connectivity index (χ2v) is 4.67. The number of aliphatic hydroxyl groups excluding tert-OH is 1. The first-order valence-corrected chi connectivity index (χ1v) is 5.61. The quantitative estimate of drug-likeness (QED) is 0.609. The summed E-state index contributed by atoms with van der Waals surface area (Å²) < 4.78 is 0. The van der Waals surface area contributed by atoms with Crippen molar-refractivity contribution in [3.63, 3.8) is 0 Å². The second-order valence-electron chi connectivity index (χ2n) is 4.67. The van der Waals surface area contributed by atoms with Crippen LogP contribution in [0.1, 0.15) is 6.92 Å². The van der Waals surface area contributed by atoms with Crippen LogP contribution in [0.3, 0.4) is 0 Å². The zero-order valence-corrected chi connectivity index (χ0v) is 10.9. The van der Waals surface area contributed by atoms with Crippen LogP contribution >= 0.6 is 0 Å². The van der Waals surface area contributed by atoms with Crippen molar-refractivity contribution in [2.45, 2.75) is 13.0 Å². The van der Waals surface area contributed by atoms with Crippen LogP contribution in [-0.4, -0.2) is 86.8 Å². The summed E-state index contributed by atoms with van der Waals surface area (Å²) in [6, 6.07) is 0.255. The SMILES string of the molecule is CC(CO)N(CCN(C)C)CCN(C)C. The van der Waals surface area contributed by atoms with Gasteiger partial charge in [-0.05, 0) is 35.1 Å². The number of hydrogen-bond donors (Lipinski definition) is 1. The first kappa shape index (κ1) is 14.8. The van der Waals surface area contributed by atoms with Crippen molar-refractivity contribution in [1.29, 1.82) is 0 Å². The molecule has 15 heavy (non-hydrogen) atoms. The predicted octanol–water partition coefficient (Wildman–Crippen LogP) is -0.208. The summed E-state index contributed by atoms with van der Waals surface area (Å²) in [6.07, 6.45) is 0. The topological polar surface area (TPSA) is 30.0 Å². The molecule has 0 saturated carbocycles. The summed E-state index contributed by atoms with van der Waals surface area (Å²) in [7, 11) is 8.31. The summed E-state index contributed by atoms with van der Waals surface area (Å²) in [5, 5.41) is 9.17. The van der Waals surface area contributed by atoms with E-state index in [0.717, 1.165) is 26.2 Å². The molecule has 0 aliphatic rings. The number of likely N-dealkylation sites (N-methyl/N-ethyl adjacent to an activating group) is 2. The Morgan fingerprint density at radius 3 is 1.53 bits per heavy atom. The van der Waals surface area contributed by atoms with E-state index in [-0.39, 0.29) is 12.6 Å². The Hall–Kier alpha value is -0.160. The van der Waals surface area contributed by atoms with Crippen LogP contribution in [0.5, 0.6) is 0 Å². The number of hydrogen-bond acceptors (Lipinski definition) is 4. The molecule has 0 aliphatic carbocycles. The van der Waals surface area contributed by atoms with Gasteiger partial charge < -0.3 is 14.9 Å². The molecule has 0 aromatic rings. The molecule has 4 heteroatoms. The van der Waals surface area contributed by atoms with Crippen molar-refractivity contribution in [2.75, 3.05) is 61.0 Å². The number of rotatable bonds is 8. The maximum atomic E-state index is 9.17. The minimum absolute atomic E-state index is 0.237. The normalized spacial score (nSPS) is 14.2. The monoisotopic (exact) mass is 217 g/mol. The lowest BCUT2D eigenvalue weighted by Gasteiger charge is -2.30. The largest absolute Gasteiger partial charge is 0.395 e. The zero-order chi connectivity index (χ0) is 11.8. The van der Waals surface area contributed by atoms with Crippen LogP contribution in [0.2, 0.25) is 0 Å². The average Bonchev–Trinajstić information content (AvgIpc) is 2.16. The van der Waals surface area contributed by atoms with E-state index in [0.29, 0.717) is 0 Å². The van der Waals surface area contributed by atoms with E-state index in [4.69, 9.17) is 5.11 Å². The molecular weight excluding hydrogens is 190 g/mol. The Morgan fingerprint density at radius 2 is 1.27 bits per heavy atom. The van der Waals surface area contributed by atoms with Crippen LogP contribution in [0.4, 0.5) is 0 Å². The van der Waals surface area contributed by atoms with E-state index in [1.165, 1.54) is 0 Å². The molecule has 0 bridgehead atoms. The summed E-state index contributed by atoms with van der Waals surface area (Å²) >= 11 is 0. The van der Waals surface area contributed by atoms with Crippen molar-refractivity contribution < 1.29 is 5.11 Å². The van der Waals surface area contributed by atoms with Crippen LogP contribution in [0.15, 0.2) is 0 Å². The molecule has 0 aromatic carbocycles. The smallest absolute Gasteiger partial charge is 0.0584 e. The molecule has 0 radical (unpaired) electrons. The lowest BCUT2D eigenvalue weighted by molar-refractivity contribution is 0.118. The van der Waals surface area contributed by atoms with Gasteiger partial charge in [-0.25, -0.2) is 0 Å². The zero-order valence-electron chi connectivity index (χ0n) is 10.9. The molecule has 92 valence electrons. The van der Waals surface area contributed by atoms with Crippen molar-refractivity contribution in [2.24, 2.45) is 0 Å². The third-order valence-corrected chi connectivity index (χ3v) is 2.56. The summed E-state index contributed by atoms with van der Waals surface area (Å²) in [5.41, 5.74) is 0. The predicted molar refractivity (Wildman–Crippen MR) is 65.2 cm³/mol. The van der Waals surface area contributed by atoms with E-state index < -0.39 is 0 Å². The van der Waals surface area contributed by atoms with Gasteiger partial charge in [-0.3, -0.25) is 4.90 Å². The van der Waals surface area contributed by atoms with Crippen LogP contribution < -0.4 is 0 Å². The molecule has 4 nitrogen and oxygen atoms in total. The highest BCUT2D eigenvalue weighted by molar-refractivity contribution is 4.68. The molecule has 1 N–H and O–H groups in total. The highest BCUT2D eigenvalue weighted by Crippen LogP contribution is 1.98. The summed E-state index contributed by atoms with van der Waals surface area (Å²) in [4.78, 5) is 6.68. The third-order valence-electron chi connectivity index (χ3n) is 2.56. The van der Waals surface area contributed by atoms with Gasteiger partial charge in [-0.1, -0.05) is 0 Å². The first-order valence-electron chi connectivity index (χ1n) is 5.61. The standard InChI is InChI=1S/C11H27N3O/c1-11(10-15)14(8-6-12(2)3)9-7-13(4)5/h11,15H,6-10H2,1-5H3. The lowest BCUT2D eigenvalue weighted by atomic mass is 10.3. The molecule has 0 rings (SSSR count). The maximum absolute atomic E-state index is 9.17. The first-order chi connectivity index (χ1) is 6.97. The van der Waals surface area contributed by atoms with E-state index in [9.17, 15) is 0 Å². The van der Waals surface area contributed by atoms with E-state index in [1.54, 1.807) is 0 Å². The molecular formula is C11H27N3O. The molecule has 0 fully saturated rings. The van der Waals surface area contributed by atoms with E-state index in [2.05, 4.69) is 49.8 Å². The summed E-state index contributed by atoms with van der Waals surface area (Å²) in [6.45, 7) is 6.42. The fraction of sp³-hybridized carbons (Fsp3) is 1.00. The van der Waals surface area contributed by atoms with Gasteiger partial charge in [0.05, 0.1) is 6.61 Å². The third kappa shape index (κ3) is 7.73. The molecule has 0 aliphatic heterocycles. The number of nitrogens with zero attached hydrogens (tertiary/aromatic N) is 3. The minimum Gasteiger partial charge on any atom is -0.395 e. The molecule has 0 heterocycles. The van der Waals surface area contributed by atoms with Crippen LogP contribution in [0.25, 0.3) is 0 Å². The summed E-state index contributed by atoms with van der Waals surface area (Å²) in [5.74, 6) is 0. The Balaban J connectivity index is 3.95. The Labute approximate surface area is 94.5 Å². The van der Waals surface area contributed by atoms with E-state index in [1.807, 2.05) is 0 Å². The van der Waals surface area contributed by atoms with Gasteiger partial charge >= 0.3 is 0 Å². The Morgan fingerprint density at radius 1 is 0.867 bits per heavy atom. The second kappa shape index (κ2) is 8.05. The Bertz CT molecular complexity index is 139. The molecule has 0 amide bonds. The molecule has 0 saturated heterocycles. The van der Waals surface area contributed by atoms with Gasteiger partial charge in [0.1, 0.15) is 0 Å². The highest BCUT2D eigenvalue weighted by Gasteiger charge is 2.12. The van der Waals surface area contributed by atoms with Crippen LogP contribution in [-0.2, 0) is 0 Å². The van der Waals surface area contributed by atoms with Crippen molar-refractivity contribution in [3.8, 4) is 0 Å². The van der Waals surface area contributed by atoms with Gasteiger partial charge in [0, 0.05) is 32.2 Å². The Kier molecular flexibility index (Phi) is 7.96. The van der Waals surface area contributed by atoms with Crippen molar-refractivity contribution in [1.82, 2.24) is 14.7 Å². The van der Waals surface area contributed by atoms with Crippen LogP contribution in [0, 0.1) is 0 Å². The minimum atomic E-state index is 0.237. The van der Waals surface area contributed by atoms with Gasteiger partial charge in [0.25, 0.3) is 0 Å². The molecule has 1 unspecified atom stereocenters. The highest BCUT2D eigenvalue weighted by atomic mass is 16.3. The van der Waals surface area contributed by atoms with Gasteiger partial charge in [-0.15, -0.1) is 0 Å². The van der Waals surface area contributed by atoms with Gasteiger partial charge in [0.2, 0.25) is 0 Å². The molecule has 1 atom stereocenters. The number of aliphatic hydroxyl groups is 1. The lowest BCUT2D eigenvalue weighted by Crippen LogP contribution is -2.43. The van der Waals surface area contributed by atoms with Gasteiger partial charge in [0.15, 0.2) is 0 Å². The fourth-order valence-corrected chi connectivity index (χ4v) is 1.32. The van der Waals surface area contributed by atoms with Crippen molar-refractivity contribution >= 4 is 0 Å². The van der Waals surface area contributed by atoms with Crippen molar-refractivity contribution in [3.05, 3.63) is 0 Å². The van der Waals surface area contributed by atoms with Gasteiger partial charge in [-0.2, -0.15) is 0 Å². The fourth-order valence-electron chi connectivity index (χ4n) is 1.32.